The van der Waals surface area contributed by atoms with Gasteiger partial charge in [-0.15, -0.1) is 0 Å². The molecule has 7 heteroatoms. The molecule has 4 rings (SSSR count). The van der Waals surface area contributed by atoms with E-state index in [1.807, 2.05) is 18.2 Å². The monoisotopic (exact) mass is 345 g/mol. The molecule has 0 radical (unpaired) electrons. The second kappa shape index (κ2) is 5.91. The van der Waals surface area contributed by atoms with Gasteiger partial charge in [-0.25, -0.2) is 0 Å². The third-order valence-corrected chi connectivity index (χ3v) is 5.45. The van der Waals surface area contributed by atoms with E-state index in [1.165, 1.54) is 0 Å². The second-order valence-corrected chi connectivity index (χ2v) is 7.18. The van der Waals surface area contributed by atoms with Crippen LogP contribution >= 0.6 is 0 Å². The van der Waals surface area contributed by atoms with Crippen molar-refractivity contribution >= 4 is 6.01 Å². The number of anilines is 1. The maximum absolute atomic E-state index is 5.82. The van der Waals surface area contributed by atoms with Gasteiger partial charge in [-0.05, 0) is 24.6 Å². The molecule has 7 nitrogen and oxygen atoms in total. The van der Waals surface area contributed by atoms with Crippen LogP contribution in [0.3, 0.4) is 0 Å². The molecule has 0 spiro atoms. The van der Waals surface area contributed by atoms with E-state index < -0.39 is 0 Å². The Morgan fingerprint density at radius 3 is 2.76 bits per heavy atom. The maximum atomic E-state index is 5.82. The average molecular weight is 345 g/mol. The summed E-state index contributed by atoms with van der Waals surface area (Å²) in [6.07, 6.45) is 1.39. The average Bonchev–Trinajstić information content (AvgIpc) is 3.27. The molecule has 1 aliphatic heterocycles. The van der Waals surface area contributed by atoms with Gasteiger partial charge in [0.1, 0.15) is 0 Å². The first-order chi connectivity index (χ1) is 12.0. The van der Waals surface area contributed by atoms with E-state index in [-0.39, 0.29) is 11.5 Å². The smallest absolute Gasteiger partial charge is 0.322 e. The number of nitrogens with one attached hydrogen (secondary N) is 1. The molecule has 1 N–H and O–H groups in total. The molecule has 25 heavy (non-hydrogen) atoms. The Balaban J connectivity index is 1.53. The zero-order valence-corrected chi connectivity index (χ0v) is 14.9. The second-order valence-electron chi connectivity index (χ2n) is 7.18. The van der Waals surface area contributed by atoms with E-state index >= 15 is 0 Å². The normalized spacial score (nSPS) is 26.6. The fourth-order valence-corrected chi connectivity index (χ4v) is 4.12. The number of nitrogens with zero attached hydrogens (tertiary/aromatic N) is 2. The van der Waals surface area contributed by atoms with Crippen molar-refractivity contribution in [3.8, 4) is 22.9 Å². The van der Waals surface area contributed by atoms with Crippen molar-refractivity contribution < 1.29 is 18.7 Å². The minimum absolute atomic E-state index is 0.0547. The lowest BCUT2D eigenvalue weighted by atomic mass is 9.57. The zero-order chi connectivity index (χ0) is 17.6. The van der Waals surface area contributed by atoms with E-state index in [0.717, 1.165) is 18.6 Å². The highest BCUT2D eigenvalue weighted by molar-refractivity contribution is 5.61. The Morgan fingerprint density at radius 2 is 2.00 bits per heavy atom. The van der Waals surface area contributed by atoms with Crippen LogP contribution in [0.15, 0.2) is 22.7 Å². The molecule has 2 aromatic rings. The number of benzene rings is 1. The number of hydrogen-bond acceptors (Lipinski definition) is 7. The number of rotatable bonds is 5. The summed E-state index contributed by atoms with van der Waals surface area (Å²) in [7, 11) is 3.21. The van der Waals surface area contributed by atoms with E-state index in [1.54, 1.807) is 14.2 Å². The van der Waals surface area contributed by atoms with Gasteiger partial charge in [0.15, 0.2) is 11.5 Å². The van der Waals surface area contributed by atoms with Crippen LogP contribution in [0.2, 0.25) is 0 Å². The molecule has 3 atom stereocenters. The van der Waals surface area contributed by atoms with Crippen molar-refractivity contribution in [3.63, 3.8) is 0 Å². The van der Waals surface area contributed by atoms with Crippen LogP contribution in [-0.4, -0.2) is 43.1 Å². The quantitative estimate of drug-likeness (QED) is 0.892. The lowest BCUT2D eigenvalue weighted by Crippen LogP contribution is -2.63. The fourth-order valence-electron chi connectivity index (χ4n) is 4.12. The van der Waals surface area contributed by atoms with Gasteiger partial charge in [0, 0.05) is 29.5 Å². The molecule has 2 heterocycles. The van der Waals surface area contributed by atoms with Crippen molar-refractivity contribution in [3.05, 3.63) is 18.2 Å². The zero-order valence-electron chi connectivity index (χ0n) is 14.9. The molecule has 1 aromatic heterocycles. The molecule has 1 aromatic carbocycles. The standard InChI is InChI=1S/C18H23N3O4/c1-18(2)14(11-7-8-24-15(11)18)19-17-20-16(21-25-17)10-5-6-12(22-3)13(9-10)23-4/h5-6,9,11,14-15H,7-8H2,1-4H3,(H,19,20,21)/t11-,14-,15+/m1/s1. The summed E-state index contributed by atoms with van der Waals surface area (Å²) in [5.41, 5.74) is 0.864. The fraction of sp³-hybridized carbons (Fsp3) is 0.556. The van der Waals surface area contributed by atoms with Crippen LogP contribution < -0.4 is 14.8 Å². The Bertz CT molecular complexity index is 773. The van der Waals surface area contributed by atoms with Crippen LogP contribution in [0.5, 0.6) is 11.5 Å². The van der Waals surface area contributed by atoms with E-state index in [0.29, 0.717) is 35.4 Å². The van der Waals surface area contributed by atoms with Crippen molar-refractivity contribution in [2.24, 2.45) is 11.3 Å². The highest BCUT2D eigenvalue weighted by Crippen LogP contribution is 2.53. The highest BCUT2D eigenvalue weighted by atomic mass is 16.5. The van der Waals surface area contributed by atoms with E-state index in [4.69, 9.17) is 18.7 Å². The summed E-state index contributed by atoms with van der Waals surface area (Å²) in [6, 6.07) is 6.26. The molecule has 0 amide bonds. The highest BCUT2D eigenvalue weighted by Gasteiger charge is 2.59. The van der Waals surface area contributed by atoms with Crippen molar-refractivity contribution in [1.29, 1.82) is 0 Å². The molecular formula is C18H23N3O4. The lowest BCUT2D eigenvalue weighted by molar-refractivity contribution is -0.0929. The Labute approximate surface area is 146 Å². The number of ether oxygens (including phenoxy) is 3. The number of methoxy groups -OCH3 is 2. The first kappa shape index (κ1) is 16.2. The summed E-state index contributed by atoms with van der Waals surface area (Å²) in [4.78, 5) is 4.49. The van der Waals surface area contributed by atoms with Crippen molar-refractivity contribution in [1.82, 2.24) is 10.1 Å². The Hall–Kier alpha value is -2.28. The summed E-state index contributed by atoms with van der Waals surface area (Å²) >= 11 is 0. The van der Waals surface area contributed by atoms with Crippen molar-refractivity contribution in [2.45, 2.75) is 32.4 Å². The molecule has 0 unspecified atom stereocenters. The maximum Gasteiger partial charge on any atom is 0.322 e. The first-order valence-electron chi connectivity index (χ1n) is 8.49. The summed E-state index contributed by atoms with van der Waals surface area (Å²) < 4.78 is 21.8. The van der Waals surface area contributed by atoms with Gasteiger partial charge in [0.2, 0.25) is 5.82 Å². The Kier molecular flexibility index (Phi) is 3.83. The third-order valence-electron chi connectivity index (χ3n) is 5.45. The van der Waals surface area contributed by atoms with Crippen LogP contribution in [0, 0.1) is 11.3 Å². The molecule has 2 fully saturated rings. The van der Waals surface area contributed by atoms with E-state index in [2.05, 4.69) is 29.3 Å². The lowest BCUT2D eigenvalue weighted by Gasteiger charge is -2.54. The Morgan fingerprint density at radius 1 is 1.20 bits per heavy atom. The van der Waals surface area contributed by atoms with Crippen molar-refractivity contribution in [2.75, 3.05) is 26.1 Å². The van der Waals surface area contributed by atoms with Gasteiger partial charge in [-0.1, -0.05) is 19.0 Å². The predicted molar refractivity (Wildman–Crippen MR) is 91.9 cm³/mol. The SMILES string of the molecule is COc1ccc(-c2noc(N[C@@H]3[C@H]4CCO[C@@H]4C3(C)C)n2)cc1OC. The van der Waals surface area contributed by atoms with Crippen LogP contribution in [0.4, 0.5) is 6.01 Å². The predicted octanol–water partition coefficient (Wildman–Crippen LogP) is 2.98. The minimum atomic E-state index is 0.0547. The third kappa shape index (κ3) is 2.54. The number of hydrogen-bond donors (Lipinski definition) is 1. The largest absolute Gasteiger partial charge is 0.493 e. The molecule has 1 saturated heterocycles. The van der Waals surface area contributed by atoms with Gasteiger partial charge in [0.25, 0.3) is 0 Å². The molecule has 2 aliphatic rings. The molecule has 1 saturated carbocycles. The number of fused-ring (bicyclic) bond motifs is 1. The molecular weight excluding hydrogens is 322 g/mol. The summed E-state index contributed by atoms with van der Waals surface area (Å²) in [5.74, 6) is 2.31. The van der Waals surface area contributed by atoms with Gasteiger partial charge in [-0.3, -0.25) is 0 Å². The van der Waals surface area contributed by atoms with Crippen LogP contribution in [0.1, 0.15) is 20.3 Å². The van der Waals surface area contributed by atoms with Gasteiger partial charge < -0.3 is 24.1 Å². The summed E-state index contributed by atoms with van der Waals surface area (Å²) in [6.45, 7) is 5.25. The minimum Gasteiger partial charge on any atom is -0.493 e. The van der Waals surface area contributed by atoms with Gasteiger partial charge in [0.05, 0.1) is 20.3 Å². The van der Waals surface area contributed by atoms with Gasteiger partial charge in [-0.2, -0.15) is 4.98 Å². The summed E-state index contributed by atoms with van der Waals surface area (Å²) in [5, 5.41) is 7.49. The van der Waals surface area contributed by atoms with Gasteiger partial charge >= 0.3 is 6.01 Å². The molecule has 134 valence electrons. The number of aromatic nitrogens is 2. The topological polar surface area (TPSA) is 78.6 Å². The molecule has 0 bridgehead atoms. The molecule has 1 aliphatic carbocycles. The van der Waals surface area contributed by atoms with Crippen LogP contribution in [0.25, 0.3) is 11.4 Å². The van der Waals surface area contributed by atoms with E-state index in [9.17, 15) is 0 Å². The van der Waals surface area contributed by atoms with Crippen LogP contribution in [-0.2, 0) is 4.74 Å². The first-order valence-corrected chi connectivity index (χ1v) is 8.49.